The summed E-state index contributed by atoms with van der Waals surface area (Å²) in [6, 6.07) is 4.27. The van der Waals surface area contributed by atoms with E-state index in [1.807, 2.05) is 20.8 Å². The van der Waals surface area contributed by atoms with Crippen molar-refractivity contribution in [3.8, 4) is 0 Å². The molecule has 0 fully saturated rings. The highest BCUT2D eigenvalue weighted by Crippen LogP contribution is 2.24. The van der Waals surface area contributed by atoms with Gasteiger partial charge in [0.25, 0.3) is 0 Å². The van der Waals surface area contributed by atoms with Gasteiger partial charge >= 0.3 is 0 Å². The number of hydrogen-bond donors (Lipinski definition) is 2. The highest BCUT2D eigenvalue weighted by molar-refractivity contribution is 5.91. The summed E-state index contributed by atoms with van der Waals surface area (Å²) >= 11 is 0. The van der Waals surface area contributed by atoms with Crippen LogP contribution in [0.3, 0.4) is 0 Å². The van der Waals surface area contributed by atoms with E-state index in [2.05, 4.69) is 10.3 Å². The monoisotopic (exact) mass is 253 g/mol. The fourth-order valence-corrected chi connectivity index (χ4v) is 1.73. The number of halogens is 1. The van der Waals surface area contributed by atoms with Crippen LogP contribution in [0.1, 0.15) is 27.2 Å². The third kappa shape index (κ3) is 4.79. The zero-order chi connectivity index (χ0) is 13.8. The largest absolute Gasteiger partial charge is 0.330 e. The third-order valence-electron chi connectivity index (χ3n) is 2.48. The molecule has 1 unspecified atom stereocenters. The molecule has 0 spiro atoms. The number of aromatic nitrogens is 1. The summed E-state index contributed by atoms with van der Waals surface area (Å²) in [6.45, 7) is 6.40. The van der Waals surface area contributed by atoms with Gasteiger partial charge in [-0.1, -0.05) is 26.8 Å². The minimum absolute atomic E-state index is 0.0107. The van der Waals surface area contributed by atoms with Crippen LogP contribution in [0.2, 0.25) is 0 Å². The summed E-state index contributed by atoms with van der Waals surface area (Å²) < 4.78 is 12.9. The minimum Gasteiger partial charge on any atom is -0.330 e. The second kappa shape index (κ2) is 5.91. The summed E-state index contributed by atoms with van der Waals surface area (Å²) in [5.41, 5.74) is 5.62. The van der Waals surface area contributed by atoms with Crippen LogP contribution in [-0.4, -0.2) is 17.4 Å². The lowest BCUT2D eigenvalue weighted by Crippen LogP contribution is -2.32. The molecule has 0 bridgehead atoms. The van der Waals surface area contributed by atoms with Crippen molar-refractivity contribution in [3.63, 3.8) is 0 Å². The maximum absolute atomic E-state index is 12.9. The standard InChI is InChI=1S/C13H20FN3O/c1-13(2,3)7-9(8-15)12(18)17-11-6-4-5-10(14)16-11/h4-6,9H,7-8,15H2,1-3H3,(H,16,17,18). The van der Waals surface area contributed by atoms with Gasteiger partial charge in [0.15, 0.2) is 0 Å². The number of amides is 1. The van der Waals surface area contributed by atoms with Crippen molar-refractivity contribution in [2.45, 2.75) is 27.2 Å². The molecule has 0 aromatic carbocycles. The SMILES string of the molecule is CC(C)(C)CC(CN)C(=O)Nc1cccc(F)n1. The van der Waals surface area contributed by atoms with Crippen molar-refractivity contribution >= 4 is 11.7 Å². The molecule has 0 aliphatic carbocycles. The quantitative estimate of drug-likeness (QED) is 0.808. The Morgan fingerprint density at radius 1 is 1.50 bits per heavy atom. The number of nitrogens with two attached hydrogens (primary N) is 1. The lowest BCUT2D eigenvalue weighted by atomic mass is 9.84. The number of nitrogens with zero attached hydrogens (tertiary/aromatic N) is 1. The van der Waals surface area contributed by atoms with E-state index in [1.165, 1.54) is 12.1 Å². The van der Waals surface area contributed by atoms with Crippen molar-refractivity contribution in [2.75, 3.05) is 11.9 Å². The molecule has 1 atom stereocenters. The lowest BCUT2D eigenvalue weighted by molar-refractivity contribution is -0.120. The molecule has 0 aliphatic rings. The van der Waals surface area contributed by atoms with Crippen LogP contribution in [0.5, 0.6) is 0 Å². The van der Waals surface area contributed by atoms with Crippen molar-refractivity contribution in [1.29, 1.82) is 0 Å². The zero-order valence-corrected chi connectivity index (χ0v) is 11.0. The molecule has 4 nitrogen and oxygen atoms in total. The predicted molar refractivity (Wildman–Crippen MR) is 69.4 cm³/mol. The van der Waals surface area contributed by atoms with E-state index in [9.17, 15) is 9.18 Å². The molecule has 100 valence electrons. The molecular formula is C13H20FN3O. The Morgan fingerprint density at radius 3 is 2.67 bits per heavy atom. The molecule has 1 amide bonds. The Bertz CT molecular complexity index is 415. The molecule has 0 saturated carbocycles. The van der Waals surface area contributed by atoms with Crippen LogP contribution in [0.4, 0.5) is 10.2 Å². The first-order valence-electron chi connectivity index (χ1n) is 5.95. The number of pyridine rings is 1. The summed E-state index contributed by atoms with van der Waals surface area (Å²) in [7, 11) is 0. The molecular weight excluding hydrogens is 233 g/mol. The first kappa shape index (κ1) is 14.6. The molecule has 5 heteroatoms. The molecule has 1 aromatic heterocycles. The second-order valence-corrected chi connectivity index (χ2v) is 5.53. The minimum atomic E-state index is -0.618. The normalized spacial score (nSPS) is 13.2. The van der Waals surface area contributed by atoms with Gasteiger partial charge in [0.1, 0.15) is 5.82 Å². The van der Waals surface area contributed by atoms with Gasteiger partial charge in [0.2, 0.25) is 11.9 Å². The average Bonchev–Trinajstić information content (AvgIpc) is 2.24. The van der Waals surface area contributed by atoms with Gasteiger partial charge < -0.3 is 11.1 Å². The Labute approximate surface area is 107 Å². The smallest absolute Gasteiger partial charge is 0.229 e. The topological polar surface area (TPSA) is 68.0 Å². The Morgan fingerprint density at radius 2 is 2.17 bits per heavy atom. The Balaban J connectivity index is 2.68. The molecule has 1 heterocycles. The van der Waals surface area contributed by atoms with Gasteiger partial charge in [-0.3, -0.25) is 4.79 Å². The number of anilines is 1. The maximum Gasteiger partial charge on any atom is 0.229 e. The number of rotatable bonds is 4. The molecule has 1 aromatic rings. The first-order chi connectivity index (χ1) is 8.31. The van der Waals surface area contributed by atoms with E-state index in [1.54, 1.807) is 6.07 Å². The maximum atomic E-state index is 12.9. The Kier molecular flexibility index (Phi) is 4.78. The lowest BCUT2D eigenvalue weighted by Gasteiger charge is -2.24. The summed E-state index contributed by atoms with van der Waals surface area (Å²) in [4.78, 5) is 15.6. The van der Waals surface area contributed by atoms with Gasteiger partial charge in [0.05, 0.1) is 5.92 Å². The molecule has 0 aliphatic heterocycles. The van der Waals surface area contributed by atoms with Gasteiger partial charge in [-0.15, -0.1) is 0 Å². The van der Waals surface area contributed by atoms with Crippen molar-refractivity contribution in [1.82, 2.24) is 4.98 Å². The van der Waals surface area contributed by atoms with Crippen LogP contribution in [-0.2, 0) is 4.79 Å². The van der Waals surface area contributed by atoms with Crippen LogP contribution in [0.25, 0.3) is 0 Å². The van der Waals surface area contributed by atoms with E-state index < -0.39 is 5.95 Å². The van der Waals surface area contributed by atoms with E-state index >= 15 is 0 Å². The van der Waals surface area contributed by atoms with Crippen LogP contribution in [0, 0.1) is 17.3 Å². The van der Waals surface area contributed by atoms with Gasteiger partial charge in [-0.05, 0) is 24.0 Å². The van der Waals surface area contributed by atoms with Gasteiger partial charge in [-0.25, -0.2) is 4.98 Å². The van der Waals surface area contributed by atoms with Crippen LogP contribution < -0.4 is 11.1 Å². The summed E-state index contributed by atoms with van der Waals surface area (Å²) in [6.07, 6.45) is 0.671. The summed E-state index contributed by atoms with van der Waals surface area (Å²) in [5.74, 6) is -0.916. The molecule has 18 heavy (non-hydrogen) atoms. The first-order valence-corrected chi connectivity index (χ1v) is 5.95. The van der Waals surface area contributed by atoms with Crippen LogP contribution >= 0.6 is 0 Å². The number of carbonyl (C=O) groups is 1. The molecule has 0 radical (unpaired) electrons. The van der Waals surface area contributed by atoms with Gasteiger partial charge in [0, 0.05) is 6.54 Å². The van der Waals surface area contributed by atoms with E-state index in [4.69, 9.17) is 5.73 Å². The highest BCUT2D eigenvalue weighted by Gasteiger charge is 2.24. The fourth-order valence-electron chi connectivity index (χ4n) is 1.73. The third-order valence-corrected chi connectivity index (χ3v) is 2.48. The van der Waals surface area contributed by atoms with E-state index in [0.717, 1.165) is 0 Å². The Hall–Kier alpha value is -1.49. The van der Waals surface area contributed by atoms with E-state index in [-0.39, 0.29) is 29.6 Å². The number of carbonyl (C=O) groups excluding carboxylic acids is 1. The zero-order valence-electron chi connectivity index (χ0n) is 11.0. The fraction of sp³-hybridized carbons (Fsp3) is 0.538. The average molecular weight is 253 g/mol. The van der Waals surface area contributed by atoms with Crippen molar-refractivity contribution in [3.05, 3.63) is 24.1 Å². The molecule has 3 N–H and O–H groups in total. The number of hydrogen-bond acceptors (Lipinski definition) is 3. The predicted octanol–water partition coefficient (Wildman–Crippen LogP) is 2.17. The van der Waals surface area contributed by atoms with Crippen LogP contribution in [0.15, 0.2) is 18.2 Å². The summed E-state index contributed by atoms with van der Waals surface area (Å²) in [5, 5.41) is 2.59. The number of nitrogens with one attached hydrogen (secondary N) is 1. The van der Waals surface area contributed by atoms with Crippen molar-refractivity contribution in [2.24, 2.45) is 17.1 Å². The van der Waals surface area contributed by atoms with Crippen molar-refractivity contribution < 1.29 is 9.18 Å². The molecule has 0 saturated heterocycles. The molecule has 1 rings (SSSR count). The van der Waals surface area contributed by atoms with E-state index in [0.29, 0.717) is 6.42 Å². The second-order valence-electron chi connectivity index (χ2n) is 5.53. The highest BCUT2D eigenvalue weighted by atomic mass is 19.1. The van der Waals surface area contributed by atoms with Gasteiger partial charge in [-0.2, -0.15) is 4.39 Å².